The number of piperazine rings is 1. The van der Waals surface area contributed by atoms with Crippen LogP contribution >= 0.6 is 0 Å². The van der Waals surface area contributed by atoms with Crippen LogP contribution in [-0.4, -0.2) is 122 Å². The molecule has 2 fully saturated rings. The molecule has 0 bridgehead atoms. The van der Waals surface area contributed by atoms with E-state index >= 15 is 0 Å². The van der Waals surface area contributed by atoms with Crippen LogP contribution in [-0.2, 0) is 44.7 Å². The lowest BCUT2D eigenvalue weighted by Gasteiger charge is -2.37. The van der Waals surface area contributed by atoms with Gasteiger partial charge in [-0.2, -0.15) is 0 Å². The molecule has 282 valence electrons. The maximum absolute atomic E-state index is 13.1. The number of pyridine rings is 1. The predicted molar refractivity (Wildman–Crippen MR) is 188 cm³/mol. The number of carboxylic acids is 4. The number of benzene rings is 1. The van der Waals surface area contributed by atoms with Crippen LogP contribution in [0.4, 0.5) is 5.82 Å². The normalized spacial score (nSPS) is 18.7. The molecule has 2 aliphatic heterocycles. The summed E-state index contributed by atoms with van der Waals surface area (Å²) in [5, 5.41) is 31.2. The van der Waals surface area contributed by atoms with Crippen LogP contribution < -0.4 is 4.90 Å². The van der Waals surface area contributed by atoms with E-state index in [9.17, 15) is 33.6 Å². The number of aryl methyl sites for hydroxylation is 1. The number of carbonyl (C=O) groups excluding carboxylic acids is 3. The van der Waals surface area contributed by atoms with E-state index in [-0.39, 0.29) is 42.6 Å². The third-order valence-electron chi connectivity index (χ3n) is 8.29. The highest BCUT2D eigenvalue weighted by Crippen LogP contribution is 2.35. The van der Waals surface area contributed by atoms with Crippen LogP contribution in [0, 0.1) is 11.8 Å². The lowest BCUT2D eigenvalue weighted by atomic mass is 9.85. The van der Waals surface area contributed by atoms with Crippen molar-refractivity contribution in [3.8, 4) is 0 Å². The van der Waals surface area contributed by atoms with Crippen molar-refractivity contribution in [3.05, 3.63) is 96.7 Å². The van der Waals surface area contributed by atoms with E-state index < -0.39 is 30.0 Å². The first-order valence-corrected chi connectivity index (χ1v) is 16.7. The monoisotopic (exact) mass is 734 g/mol. The number of esters is 1. The lowest BCUT2D eigenvalue weighted by Crippen LogP contribution is -2.51. The maximum atomic E-state index is 13.1. The molecule has 1 aromatic heterocycles. The minimum Gasteiger partial charge on any atom is -0.478 e. The molecule has 1 aromatic carbocycles. The predicted octanol–water partition coefficient (Wildman–Crippen LogP) is 2.12. The number of likely N-dealkylation sites (tertiary alicyclic amines) is 1. The van der Waals surface area contributed by atoms with Gasteiger partial charge in [-0.1, -0.05) is 48.6 Å². The van der Waals surface area contributed by atoms with Crippen molar-refractivity contribution in [2.45, 2.75) is 31.8 Å². The van der Waals surface area contributed by atoms with Gasteiger partial charge >= 0.3 is 29.8 Å². The van der Waals surface area contributed by atoms with Crippen molar-refractivity contribution in [1.29, 1.82) is 0 Å². The van der Waals surface area contributed by atoms with Crippen LogP contribution in [0.5, 0.6) is 0 Å². The standard InChI is InChI=1S/C29H34N4O4.2C4H4O4/c34-27(14-13-22-8-2-1-3-9-22)37-23(21-33-28(35)24-10-4-5-11-25(24)29(33)36)20-31-16-18-32(19-17-31)26-12-6-7-15-30-26;2*5-3(6)1-2-4(7)8/h1-9,12,15,23-25H,10-11,13-14,16-21H2;2*1-2H,(H,5,6)(H,7,8)/b;2*2-1-/t23?,24-,25+;;. The number of allylic oxidation sites excluding steroid dienone is 2. The zero-order valence-corrected chi connectivity index (χ0v) is 28.8. The van der Waals surface area contributed by atoms with Gasteiger partial charge in [-0.15, -0.1) is 0 Å². The first-order chi connectivity index (χ1) is 25.3. The molecule has 0 saturated carbocycles. The number of nitrogens with zero attached hydrogens (tertiary/aromatic N) is 4. The van der Waals surface area contributed by atoms with Crippen molar-refractivity contribution >= 4 is 47.5 Å². The van der Waals surface area contributed by atoms with Gasteiger partial charge in [0.2, 0.25) is 11.8 Å². The number of hydrogen-bond donors (Lipinski definition) is 4. The summed E-state index contributed by atoms with van der Waals surface area (Å²) in [7, 11) is 0. The molecule has 0 spiro atoms. The molecule has 2 saturated heterocycles. The molecule has 3 heterocycles. The number of aliphatic carboxylic acids is 4. The smallest absolute Gasteiger partial charge is 0.328 e. The van der Waals surface area contributed by atoms with Gasteiger partial charge in [0.05, 0.1) is 18.4 Å². The summed E-state index contributed by atoms with van der Waals surface area (Å²) in [6.45, 7) is 3.78. The molecule has 1 unspecified atom stereocenters. The summed E-state index contributed by atoms with van der Waals surface area (Å²) in [6, 6.07) is 15.7. The molecular formula is C37H42N4O12. The average molecular weight is 735 g/mol. The Kier molecular flexibility index (Phi) is 16.6. The van der Waals surface area contributed by atoms with Gasteiger partial charge in [0, 0.05) is 69.6 Å². The average Bonchev–Trinajstić information content (AvgIpc) is 3.38. The Balaban J connectivity index is 0.000000395. The first kappa shape index (κ1) is 41.3. The number of hydrogen-bond acceptors (Lipinski definition) is 11. The van der Waals surface area contributed by atoms with Gasteiger partial charge in [-0.05, 0) is 37.0 Å². The topological polar surface area (TPSA) is 232 Å². The van der Waals surface area contributed by atoms with E-state index in [1.54, 1.807) is 6.20 Å². The van der Waals surface area contributed by atoms with Crippen LogP contribution in [0.25, 0.3) is 0 Å². The van der Waals surface area contributed by atoms with E-state index in [1.807, 2.05) is 60.7 Å². The highest BCUT2D eigenvalue weighted by Gasteiger charge is 2.48. The molecule has 3 aliphatic rings. The maximum Gasteiger partial charge on any atom is 0.328 e. The van der Waals surface area contributed by atoms with Crippen LogP contribution in [0.3, 0.4) is 0 Å². The fourth-order valence-electron chi connectivity index (χ4n) is 5.79. The number of anilines is 1. The van der Waals surface area contributed by atoms with Crippen molar-refractivity contribution in [3.63, 3.8) is 0 Å². The third kappa shape index (κ3) is 14.5. The Morgan fingerprint density at radius 1 is 0.717 bits per heavy atom. The highest BCUT2D eigenvalue weighted by molar-refractivity contribution is 6.05. The Morgan fingerprint density at radius 3 is 1.70 bits per heavy atom. The van der Waals surface area contributed by atoms with Crippen molar-refractivity contribution in [2.24, 2.45) is 11.8 Å². The van der Waals surface area contributed by atoms with Gasteiger partial charge in [-0.25, -0.2) is 24.2 Å². The Hall–Kier alpha value is -6.16. The quantitative estimate of drug-likeness (QED) is 0.0999. The van der Waals surface area contributed by atoms with Gasteiger partial charge in [0.25, 0.3) is 0 Å². The summed E-state index contributed by atoms with van der Waals surface area (Å²) in [5.41, 5.74) is 1.07. The molecule has 16 heteroatoms. The third-order valence-corrected chi connectivity index (χ3v) is 8.29. The largest absolute Gasteiger partial charge is 0.478 e. The fourth-order valence-corrected chi connectivity index (χ4v) is 5.79. The number of carboxylic acid groups (broad SMARTS) is 4. The van der Waals surface area contributed by atoms with Crippen molar-refractivity contribution in [2.75, 3.05) is 44.2 Å². The Bertz CT molecular complexity index is 1580. The molecule has 4 N–H and O–H groups in total. The molecule has 3 atom stereocenters. The van der Waals surface area contributed by atoms with Crippen LogP contribution in [0.2, 0.25) is 0 Å². The minimum absolute atomic E-state index is 0.113. The van der Waals surface area contributed by atoms with E-state index in [0.29, 0.717) is 50.1 Å². The number of aromatic nitrogens is 1. The second-order valence-corrected chi connectivity index (χ2v) is 12.0. The highest BCUT2D eigenvalue weighted by atomic mass is 16.5. The van der Waals surface area contributed by atoms with Gasteiger partial charge in [-0.3, -0.25) is 24.2 Å². The number of carbonyl (C=O) groups is 7. The molecule has 1 aliphatic carbocycles. The number of ether oxygens (including phenoxy) is 1. The van der Waals surface area contributed by atoms with Crippen LogP contribution in [0.1, 0.15) is 24.8 Å². The Morgan fingerprint density at radius 2 is 1.23 bits per heavy atom. The van der Waals surface area contributed by atoms with Crippen LogP contribution in [0.15, 0.2) is 91.2 Å². The van der Waals surface area contributed by atoms with Gasteiger partial charge in [0.15, 0.2) is 0 Å². The SMILES string of the molecule is O=C(CCc1ccccc1)OC(CN1CCN(c2ccccn2)CC1)CN1C(=O)[C@H]2CC=CC[C@H]2C1=O.O=C(O)/C=C\C(=O)O.O=C(O)/C=C\C(=O)O. The second-order valence-electron chi connectivity index (χ2n) is 12.0. The molecule has 53 heavy (non-hydrogen) atoms. The molecule has 2 amide bonds. The molecular weight excluding hydrogens is 692 g/mol. The number of amides is 2. The Labute approximate surface area is 305 Å². The summed E-state index contributed by atoms with van der Waals surface area (Å²) in [6.07, 6.45) is 9.48. The van der Waals surface area contributed by atoms with Gasteiger partial charge in [0.1, 0.15) is 11.9 Å². The lowest BCUT2D eigenvalue weighted by molar-refractivity contribution is -0.155. The van der Waals surface area contributed by atoms with Crippen molar-refractivity contribution < 1.29 is 58.7 Å². The van der Waals surface area contributed by atoms with E-state index in [1.165, 1.54) is 4.90 Å². The zero-order chi connectivity index (χ0) is 38.8. The van der Waals surface area contributed by atoms with Crippen molar-refractivity contribution in [1.82, 2.24) is 14.8 Å². The summed E-state index contributed by atoms with van der Waals surface area (Å²) in [5.74, 6) is -5.22. The summed E-state index contributed by atoms with van der Waals surface area (Å²) < 4.78 is 5.93. The van der Waals surface area contributed by atoms with E-state index in [0.717, 1.165) is 37.6 Å². The first-order valence-electron chi connectivity index (χ1n) is 16.7. The fraction of sp³-hybridized carbons (Fsp3) is 0.351. The number of fused-ring (bicyclic) bond motifs is 1. The van der Waals surface area contributed by atoms with Gasteiger partial charge < -0.3 is 30.1 Å². The summed E-state index contributed by atoms with van der Waals surface area (Å²) in [4.78, 5) is 87.5. The minimum atomic E-state index is -1.26. The molecule has 2 aromatic rings. The summed E-state index contributed by atoms with van der Waals surface area (Å²) >= 11 is 0. The zero-order valence-electron chi connectivity index (χ0n) is 28.8. The molecule has 5 rings (SSSR count). The molecule has 0 radical (unpaired) electrons. The number of imide groups is 1. The number of rotatable bonds is 13. The second kappa shape index (κ2) is 21.3. The van der Waals surface area contributed by atoms with E-state index in [2.05, 4.69) is 14.8 Å². The molecule has 16 nitrogen and oxygen atoms in total. The van der Waals surface area contributed by atoms with E-state index in [4.69, 9.17) is 25.2 Å².